The maximum atomic E-state index is 12.3. The summed E-state index contributed by atoms with van der Waals surface area (Å²) >= 11 is 0. The Morgan fingerprint density at radius 3 is 2.80 bits per heavy atom. The van der Waals surface area contributed by atoms with Gasteiger partial charge in [0.05, 0.1) is 6.54 Å². The number of amides is 2. The van der Waals surface area contributed by atoms with Crippen molar-refractivity contribution in [3.05, 3.63) is 0 Å². The Bertz CT molecular complexity index is 355. The molecular weight excluding hydrogens is 256 g/mol. The largest absolute Gasteiger partial charge is 0.381 e. The van der Waals surface area contributed by atoms with Crippen LogP contribution in [0.25, 0.3) is 0 Å². The van der Waals surface area contributed by atoms with Crippen molar-refractivity contribution in [1.29, 1.82) is 0 Å². The maximum absolute atomic E-state index is 12.3. The summed E-state index contributed by atoms with van der Waals surface area (Å²) in [6, 6.07) is -0.353. The second-order valence-corrected chi connectivity index (χ2v) is 6.06. The van der Waals surface area contributed by atoms with E-state index in [4.69, 9.17) is 4.74 Å². The van der Waals surface area contributed by atoms with Crippen molar-refractivity contribution in [3.63, 3.8) is 0 Å². The average molecular weight is 282 g/mol. The summed E-state index contributed by atoms with van der Waals surface area (Å²) in [6.45, 7) is 6.37. The van der Waals surface area contributed by atoms with Crippen molar-refractivity contribution in [2.75, 3.05) is 26.3 Å². The summed E-state index contributed by atoms with van der Waals surface area (Å²) in [6.07, 6.45) is 4.27. The molecule has 1 saturated carbocycles. The molecule has 20 heavy (non-hydrogen) atoms. The number of piperazine rings is 1. The highest BCUT2D eigenvalue weighted by Gasteiger charge is 2.34. The van der Waals surface area contributed by atoms with Gasteiger partial charge in [-0.15, -0.1) is 0 Å². The number of nitrogens with one attached hydrogen (secondary N) is 1. The fourth-order valence-electron chi connectivity index (χ4n) is 2.43. The molecule has 2 unspecified atom stereocenters. The first kappa shape index (κ1) is 15.3. The Morgan fingerprint density at radius 1 is 1.40 bits per heavy atom. The van der Waals surface area contributed by atoms with Crippen molar-refractivity contribution in [2.45, 2.75) is 45.6 Å². The lowest BCUT2D eigenvalue weighted by Gasteiger charge is -2.35. The van der Waals surface area contributed by atoms with Gasteiger partial charge in [-0.3, -0.25) is 9.59 Å². The van der Waals surface area contributed by atoms with E-state index in [1.54, 1.807) is 4.90 Å². The molecule has 0 spiro atoms. The molecule has 1 aliphatic carbocycles. The van der Waals surface area contributed by atoms with E-state index in [-0.39, 0.29) is 30.3 Å². The van der Waals surface area contributed by atoms with Gasteiger partial charge in [0, 0.05) is 19.8 Å². The summed E-state index contributed by atoms with van der Waals surface area (Å²) < 4.78 is 5.57. The van der Waals surface area contributed by atoms with Gasteiger partial charge in [0.1, 0.15) is 6.04 Å². The lowest BCUT2D eigenvalue weighted by atomic mass is 9.96. The van der Waals surface area contributed by atoms with Crippen LogP contribution < -0.4 is 5.32 Å². The highest BCUT2D eigenvalue weighted by molar-refractivity contribution is 5.94. The van der Waals surface area contributed by atoms with Crippen LogP contribution in [0.4, 0.5) is 0 Å². The number of hydrogen-bond donors (Lipinski definition) is 1. The zero-order chi connectivity index (χ0) is 14.5. The van der Waals surface area contributed by atoms with Crippen LogP contribution >= 0.6 is 0 Å². The highest BCUT2D eigenvalue weighted by Crippen LogP contribution is 2.28. The van der Waals surface area contributed by atoms with Crippen molar-refractivity contribution in [3.8, 4) is 0 Å². The predicted molar refractivity (Wildman–Crippen MR) is 76.1 cm³/mol. The van der Waals surface area contributed by atoms with Crippen LogP contribution in [0.5, 0.6) is 0 Å². The molecule has 2 atom stereocenters. The SMILES string of the molecule is CCC(C)C1NC(=O)CN(CCCOCC2CC2)C1=O. The van der Waals surface area contributed by atoms with E-state index < -0.39 is 0 Å². The molecule has 2 amide bonds. The van der Waals surface area contributed by atoms with E-state index in [0.29, 0.717) is 13.2 Å². The minimum Gasteiger partial charge on any atom is -0.381 e. The maximum Gasteiger partial charge on any atom is 0.245 e. The van der Waals surface area contributed by atoms with Crippen molar-refractivity contribution >= 4 is 11.8 Å². The molecule has 5 heteroatoms. The van der Waals surface area contributed by atoms with E-state index in [0.717, 1.165) is 25.4 Å². The lowest BCUT2D eigenvalue weighted by Crippen LogP contribution is -2.60. The third kappa shape index (κ3) is 4.20. The van der Waals surface area contributed by atoms with Crippen LogP contribution in [0.3, 0.4) is 0 Å². The summed E-state index contributed by atoms with van der Waals surface area (Å²) in [5.74, 6) is 0.961. The standard InChI is InChI=1S/C15H26N2O3/c1-3-11(2)14-15(19)17(9-13(18)16-14)7-4-8-20-10-12-5-6-12/h11-12,14H,3-10H2,1-2H3,(H,16,18). The zero-order valence-electron chi connectivity index (χ0n) is 12.6. The molecule has 2 rings (SSSR count). The fraction of sp³-hybridized carbons (Fsp3) is 0.867. The molecule has 1 saturated heterocycles. The van der Waals surface area contributed by atoms with Crippen LogP contribution in [-0.4, -0.2) is 49.1 Å². The highest BCUT2D eigenvalue weighted by atomic mass is 16.5. The third-order valence-electron chi connectivity index (χ3n) is 4.21. The second-order valence-electron chi connectivity index (χ2n) is 6.06. The van der Waals surface area contributed by atoms with E-state index in [9.17, 15) is 9.59 Å². The van der Waals surface area contributed by atoms with Gasteiger partial charge in [-0.1, -0.05) is 20.3 Å². The van der Waals surface area contributed by atoms with Crippen LogP contribution in [0.1, 0.15) is 39.5 Å². The van der Waals surface area contributed by atoms with Crippen LogP contribution in [0.2, 0.25) is 0 Å². The number of hydrogen-bond acceptors (Lipinski definition) is 3. The molecule has 2 aliphatic rings. The monoisotopic (exact) mass is 282 g/mol. The molecule has 1 heterocycles. The normalized spacial score (nSPS) is 24.7. The Balaban J connectivity index is 1.73. The molecular formula is C15H26N2O3. The van der Waals surface area contributed by atoms with E-state index in [1.165, 1.54) is 12.8 Å². The number of carbonyl (C=O) groups excluding carboxylic acids is 2. The molecule has 1 aliphatic heterocycles. The Hall–Kier alpha value is -1.10. The van der Waals surface area contributed by atoms with Crippen molar-refractivity contribution in [1.82, 2.24) is 10.2 Å². The molecule has 114 valence electrons. The Labute approximate surface area is 121 Å². The van der Waals surface area contributed by atoms with Gasteiger partial charge < -0.3 is 15.0 Å². The third-order valence-corrected chi connectivity index (χ3v) is 4.21. The zero-order valence-corrected chi connectivity index (χ0v) is 12.6. The Morgan fingerprint density at radius 2 is 2.15 bits per heavy atom. The fourth-order valence-corrected chi connectivity index (χ4v) is 2.43. The van der Waals surface area contributed by atoms with Gasteiger partial charge in [0.2, 0.25) is 11.8 Å². The lowest BCUT2D eigenvalue weighted by molar-refractivity contribution is -0.145. The van der Waals surface area contributed by atoms with E-state index >= 15 is 0 Å². The quantitative estimate of drug-likeness (QED) is 0.680. The van der Waals surface area contributed by atoms with E-state index in [2.05, 4.69) is 5.32 Å². The Kier molecular flexibility index (Phi) is 5.40. The first-order valence-electron chi connectivity index (χ1n) is 7.77. The van der Waals surface area contributed by atoms with Crippen molar-refractivity contribution < 1.29 is 14.3 Å². The van der Waals surface area contributed by atoms with Gasteiger partial charge in [-0.25, -0.2) is 0 Å². The first-order chi connectivity index (χ1) is 9.61. The predicted octanol–water partition coefficient (Wildman–Crippen LogP) is 1.18. The van der Waals surface area contributed by atoms with Gasteiger partial charge in [-0.05, 0) is 31.1 Å². The van der Waals surface area contributed by atoms with Gasteiger partial charge in [0.25, 0.3) is 0 Å². The molecule has 1 N–H and O–H groups in total. The van der Waals surface area contributed by atoms with Crippen LogP contribution in [0.15, 0.2) is 0 Å². The smallest absolute Gasteiger partial charge is 0.245 e. The van der Waals surface area contributed by atoms with Gasteiger partial charge >= 0.3 is 0 Å². The van der Waals surface area contributed by atoms with Gasteiger partial charge in [-0.2, -0.15) is 0 Å². The summed E-state index contributed by atoms with van der Waals surface area (Å²) in [7, 11) is 0. The van der Waals surface area contributed by atoms with E-state index in [1.807, 2.05) is 13.8 Å². The number of ether oxygens (including phenoxy) is 1. The molecule has 5 nitrogen and oxygen atoms in total. The molecule has 0 aromatic heterocycles. The number of rotatable bonds is 8. The molecule has 0 aromatic carbocycles. The van der Waals surface area contributed by atoms with Crippen molar-refractivity contribution in [2.24, 2.45) is 11.8 Å². The van der Waals surface area contributed by atoms with Crippen LogP contribution in [0, 0.1) is 11.8 Å². The number of carbonyl (C=O) groups is 2. The summed E-state index contributed by atoms with van der Waals surface area (Å²) in [5.41, 5.74) is 0. The van der Waals surface area contributed by atoms with Gasteiger partial charge in [0.15, 0.2) is 0 Å². The molecule has 0 radical (unpaired) electrons. The summed E-state index contributed by atoms with van der Waals surface area (Å²) in [5, 5.41) is 2.81. The molecule has 0 aromatic rings. The van der Waals surface area contributed by atoms with Crippen LogP contribution in [-0.2, 0) is 14.3 Å². The number of nitrogens with zero attached hydrogens (tertiary/aromatic N) is 1. The molecule has 2 fully saturated rings. The molecule has 0 bridgehead atoms. The minimum atomic E-state index is -0.353. The minimum absolute atomic E-state index is 0.0474. The summed E-state index contributed by atoms with van der Waals surface area (Å²) in [4.78, 5) is 25.7. The topological polar surface area (TPSA) is 58.6 Å². The first-order valence-corrected chi connectivity index (χ1v) is 7.77. The second kappa shape index (κ2) is 7.07. The average Bonchev–Trinajstić information content (AvgIpc) is 3.25.